The van der Waals surface area contributed by atoms with Crippen LogP contribution in [0.2, 0.25) is 0 Å². The molecule has 2 N–H and O–H groups in total. The van der Waals surface area contributed by atoms with E-state index in [-0.39, 0.29) is 11.7 Å². The van der Waals surface area contributed by atoms with Crippen LogP contribution in [-0.2, 0) is 10.3 Å². The maximum atomic E-state index is 12.7. The van der Waals surface area contributed by atoms with Gasteiger partial charge in [0, 0.05) is 11.1 Å². The molecule has 144 valence electrons. The molecular formula is C23H24N2O2S. The smallest absolute Gasteiger partial charge is 0.146 e. The van der Waals surface area contributed by atoms with Crippen molar-refractivity contribution < 1.29 is 9.53 Å². The van der Waals surface area contributed by atoms with Crippen molar-refractivity contribution in [2.24, 2.45) is 16.6 Å². The first-order chi connectivity index (χ1) is 13.4. The van der Waals surface area contributed by atoms with Gasteiger partial charge in [-0.25, -0.2) is 0 Å². The van der Waals surface area contributed by atoms with Gasteiger partial charge in [0.2, 0.25) is 0 Å². The Morgan fingerprint density at radius 3 is 2.82 bits per heavy atom. The summed E-state index contributed by atoms with van der Waals surface area (Å²) in [4.78, 5) is 17.5. The highest BCUT2D eigenvalue weighted by Crippen LogP contribution is 2.41. The lowest BCUT2D eigenvalue weighted by Gasteiger charge is -2.33. The fourth-order valence-corrected chi connectivity index (χ4v) is 4.95. The van der Waals surface area contributed by atoms with E-state index < -0.39 is 5.54 Å². The Kier molecular flexibility index (Phi) is 4.71. The molecule has 1 unspecified atom stereocenters. The first kappa shape index (κ1) is 18.7. The fourth-order valence-electron chi connectivity index (χ4n) is 4.03. The third-order valence-corrected chi connectivity index (χ3v) is 6.57. The number of ether oxygens (including phenoxy) is 1. The number of hydrogen-bond acceptors (Lipinski definition) is 5. The fraction of sp³-hybridized carbons (Fsp3) is 0.304. The number of fused-ring (bicyclic) bond motifs is 1. The van der Waals surface area contributed by atoms with E-state index in [0.29, 0.717) is 18.7 Å². The number of rotatable bonds is 4. The number of carbonyl (C=O) groups is 1. The minimum Gasteiger partial charge on any atom is -0.497 e. The van der Waals surface area contributed by atoms with Gasteiger partial charge in [-0.1, -0.05) is 19.1 Å². The molecule has 3 aromatic rings. The van der Waals surface area contributed by atoms with Gasteiger partial charge in [0.15, 0.2) is 0 Å². The lowest BCUT2D eigenvalue weighted by atomic mass is 9.79. The number of ketones is 1. The Hall–Kier alpha value is -2.66. The topological polar surface area (TPSA) is 64.7 Å². The second-order valence-corrected chi connectivity index (χ2v) is 8.43. The van der Waals surface area contributed by atoms with E-state index in [4.69, 9.17) is 15.5 Å². The van der Waals surface area contributed by atoms with Gasteiger partial charge in [-0.15, -0.1) is 11.3 Å². The Balaban J connectivity index is 1.90. The highest BCUT2D eigenvalue weighted by molar-refractivity contribution is 7.17. The number of hydrogen-bond donors (Lipinski definition) is 1. The van der Waals surface area contributed by atoms with E-state index in [9.17, 15) is 4.79 Å². The van der Waals surface area contributed by atoms with Crippen LogP contribution in [0.3, 0.4) is 0 Å². The van der Waals surface area contributed by atoms with Crippen molar-refractivity contribution in [3.63, 3.8) is 0 Å². The van der Waals surface area contributed by atoms with Crippen LogP contribution in [-0.4, -0.2) is 18.7 Å². The molecule has 2 atom stereocenters. The Morgan fingerprint density at radius 1 is 1.29 bits per heavy atom. The van der Waals surface area contributed by atoms with Gasteiger partial charge in [0.1, 0.15) is 17.4 Å². The summed E-state index contributed by atoms with van der Waals surface area (Å²) >= 11 is 1.71. The third-order valence-electron chi connectivity index (χ3n) is 5.60. The van der Waals surface area contributed by atoms with Gasteiger partial charge < -0.3 is 10.5 Å². The molecule has 2 heterocycles. The Morgan fingerprint density at radius 2 is 2.11 bits per heavy atom. The van der Waals surface area contributed by atoms with Crippen molar-refractivity contribution in [2.75, 3.05) is 7.11 Å². The standard InChI is InChI=1S/C23H24N2O2S/c1-4-18-20(26)13-23(2,25-22(18)24)16-10-15-8-9-28-21(15)19(12-16)14-6-5-7-17(11-14)27-3/h5-12,18H,4,13H2,1-3H3,(H2,24,25)/t18?,23-/m0/s1. The lowest BCUT2D eigenvalue weighted by molar-refractivity contribution is -0.122. The zero-order chi connectivity index (χ0) is 19.9. The number of methoxy groups -OCH3 is 1. The molecule has 1 aliphatic heterocycles. The number of carbonyl (C=O) groups excluding carboxylic acids is 1. The molecule has 1 aromatic heterocycles. The summed E-state index contributed by atoms with van der Waals surface area (Å²) in [6, 6.07) is 14.5. The largest absolute Gasteiger partial charge is 0.497 e. The summed E-state index contributed by atoms with van der Waals surface area (Å²) in [6.45, 7) is 3.98. The third kappa shape index (κ3) is 3.10. The van der Waals surface area contributed by atoms with Gasteiger partial charge in [-0.3, -0.25) is 9.79 Å². The first-order valence-electron chi connectivity index (χ1n) is 9.49. The zero-order valence-corrected chi connectivity index (χ0v) is 17.2. The van der Waals surface area contributed by atoms with Gasteiger partial charge >= 0.3 is 0 Å². The summed E-state index contributed by atoms with van der Waals surface area (Å²) in [6.07, 6.45) is 1.07. The summed E-state index contributed by atoms with van der Waals surface area (Å²) in [5.41, 5.74) is 8.77. The minimum atomic E-state index is -0.642. The molecule has 0 bridgehead atoms. The highest BCUT2D eigenvalue weighted by Gasteiger charge is 2.38. The maximum Gasteiger partial charge on any atom is 0.146 e. The van der Waals surface area contributed by atoms with E-state index >= 15 is 0 Å². The quantitative estimate of drug-likeness (QED) is 0.668. The molecule has 2 aromatic carbocycles. The van der Waals surface area contributed by atoms with Crippen molar-refractivity contribution in [3.05, 3.63) is 53.4 Å². The number of amidine groups is 1. The monoisotopic (exact) mass is 392 g/mol. The molecule has 4 rings (SSSR count). The molecular weight excluding hydrogens is 368 g/mol. The second kappa shape index (κ2) is 7.06. The van der Waals surface area contributed by atoms with Crippen LogP contribution in [0, 0.1) is 5.92 Å². The first-order valence-corrected chi connectivity index (χ1v) is 10.4. The molecule has 0 fully saturated rings. The van der Waals surface area contributed by atoms with Crippen LogP contribution in [0.4, 0.5) is 0 Å². The summed E-state index contributed by atoms with van der Waals surface area (Å²) in [7, 11) is 1.67. The summed E-state index contributed by atoms with van der Waals surface area (Å²) < 4.78 is 6.62. The van der Waals surface area contributed by atoms with Crippen LogP contribution >= 0.6 is 11.3 Å². The molecule has 0 saturated carbocycles. The maximum absolute atomic E-state index is 12.7. The van der Waals surface area contributed by atoms with Crippen molar-refractivity contribution in [3.8, 4) is 16.9 Å². The van der Waals surface area contributed by atoms with E-state index in [1.165, 1.54) is 4.70 Å². The molecule has 1 aliphatic rings. The molecule has 0 saturated heterocycles. The number of Topliss-reactive ketones (excluding diaryl/α,β-unsaturated/α-hetero) is 1. The number of nitrogens with zero attached hydrogens (tertiary/aromatic N) is 1. The highest BCUT2D eigenvalue weighted by atomic mass is 32.1. The predicted octanol–water partition coefficient (Wildman–Crippen LogP) is 5.15. The van der Waals surface area contributed by atoms with E-state index in [1.54, 1.807) is 18.4 Å². The molecule has 28 heavy (non-hydrogen) atoms. The van der Waals surface area contributed by atoms with Crippen LogP contribution < -0.4 is 10.5 Å². The molecule has 0 radical (unpaired) electrons. The predicted molar refractivity (Wildman–Crippen MR) is 116 cm³/mol. The summed E-state index contributed by atoms with van der Waals surface area (Å²) in [5, 5.41) is 3.25. The molecule has 0 spiro atoms. The van der Waals surface area contributed by atoms with E-state index in [1.807, 2.05) is 32.0 Å². The minimum absolute atomic E-state index is 0.172. The van der Waals surface area contributed by atoms with Crippen LogP contribution in [0.15, 0.2) is 52.8 Å². The van der Waals surface area contributed by atoms with Gasteiger partial charge in [-0.05, 0) is 71.1 Å². The van der Waals surface area contributed by atoms with Gasteiger partial charge in [0.25, 0.3) is 0 Å². The Bertz CT molecular complexity index is 1090. The zero-order valence-electron chi connectivity index (χ0n) is 16.4. The summed E-state index contributed by atoms with van der Waals surface area (Å²) in [5.74, 6) is 1.19. The number of thiophene rings is 1. The molecule has 4 nitrogen and oxygen atoms in total. The van der Waals surface area contributed by atoms with Crippen LogP contribution in [0.25, 0.3) is 21.2 Å². The number of benzene rings is 2. The lowest BCUT2D eigenvalue weighted by Crippen LogP contribution is -2.41. The van der Waals surface area contributed by atoms with Crippen molar-refractivity contribution in [1.29, 1.82) is 0 Å². The van der Waals surface area contributed by atoms with Crippen molar-refractivity contribution >= 4 is 33.0 Å². The second-order valence-electron chi connectivity index (χ2n) is 7.51. The molecule has 0 aliphatic carbocycles. The number of nitrogens with two attached hydrogens (primary N) is 1. The molecule has 0 amide bonds. The van der Waals surface area contributed by atoms with Crippen molar-refractivity contribution in [2.45, 2.75) is 32.2 Å². The average Bonchev–Trinajstić information content (AvgIpc) is 3.15. The van der Waals surface area contributed by atoms with Crippen molar-refractivity contribution in [1.82, 2.24) is 0 Å². The van der Waals surface area contributed by atoms with E-state index in [2.05, 4.69) is 29.6 Å². The number of aliphatic imine (C=N–C) groups is 1. The van der Waals surface area contributed by atoms with Crippen LogP contribution in [0.5, 0.6) is 5.75 Å². The van der Waals surface area contributed by atoms with Crippen LogP contribution in [0.1, 0.15) is 32.3 Å². The normalized spacial score (nSPS) is 22.3. The average molecular weight is 393 g/mol. The molecule has 5 heteroatoms. The van der Waals surface area contributed by atoms with E-state index in [0.717, 1.165) is 27.8 Å². The SMILES string of the molecule is CCC1C(=O)C[C@@](C)(c2cc(-c3cccc(OC)c3)c3sccc3c2)N=C1N. The van der Waals surface area contributed by atoms with Gasteiger partial charge in [0.05, 0.1) is 18.6 Å². The Labute approximate surface area is 169 Å². The van der Waals surface area contributed by atoms with Gasteiger partial charge in [-0.2, -0.15) is 0 Å².